The number of aliphatic hydroxyl groups excluding tert-OH is 2. The molecular formula is C16H17BrO3. The van der Waals surface area contributed by atoms with Crippen LogP contribution in [0.2, 0.25) is 0 Å². The second-order valence-electron chi connectivity index (χ2n) is 4.62. The normalized spacial score (nSPS) is 12.2. The summed E-state index contributed by atoms with van der Waals surface area (Å²) in [7, 11) is 0. The minimum atomic E-state index is -0.574. The Balaban J connectivity index is 2.11. The maximum Gasteiger partial charge on any atom is 0.126 e. The highest BCUT2D eigenvalue weighted by Crippen LogP contribution is 2.29. The highest BCUT2D eigenvalue weighted by Gasteiger charge is 2.10. The smallest absolute Gasteiger partial charge is 0.126 e. The molecule has 0 aromatic heterocycles. The van der Waals surface area contributed by atoms with Crippen molar-refractivity contribution in [3.8, 4) is 5.75 Å². The summed E-state index contributed by atoms with van der Waals surface area (Å²) in [4.78, 5) is 0. The van der Waals surface area contributed by atoms with Gasteiger partial charge < -0.3 is 14.9 Å². The third-order valence-corrected chi connectivity index (χ3v) is 3.52. The molecule has 0 saturated heterocycles. The van der Waals surface area contributed by atoms with E-state index >= 15 is 0 Å². The first kappa shape index (κ1) is 15.0. The minimum Gasteiger partial charge on any atom is -0.488 e. The van der Waals surface area contributed by atoms with Gasteiger partial charge in [0.05, 0.1) is 12.7 Å². The maximum absolute atomic E-state index is 9.74. The van der Waals surface area contributed by atoms with Crippen LogP contribution in [0.25, 0.3) is 0 Å². The molecule has 0 fully saturated rings. The predicted octanol–water partition coefficient (Wildman–Crippen LogP) is 3.57. The zero-order chi connectivity index (χ0) is 14.5. The third-order valence-electron chi connectivity index (χ3n) is 3.03. The molecule has 2 rings (SSSR count). The topological polar surface area (TPSA) is 49.7 Å². The van der Waals surface area contributed by atoms with Gasteiger partial charge in [-0.1, -0.05) is 46.3 Å². The molecule has 0 aliphatic heterocycles. The average Bonchev–Trinajstić information content (AvgIpc) is 2.45. The van der Waals surface area contributed by atoms with Crippen LogP contribution in [-0.4, -0.2) is 10.2 Å². The van der Waals surface area contributed by atoms with Gasteiger partial charge in [0.1, 0.15) is 12.4 Å². The molecule has 0 saturated carbocycles. The first-order chi connectivity index (χ1) is 9.60. The summed E-state index contributed by atoms with van der Waals surface area (Å²) >= 11 is 3.40. The lowest BCUT2D eigenvalue weighted by molar-refractivity contribution is 0.190. The summed E-state index contributed by atoms with van der Waals surface area (Å²) < 4.78 is 6.70. The second-order valence-corrected chi connectivity index (χ2v) is 5.54. The van der Waals surface area contributed by atoms with Crippen molar-refractivity contribution in [1.29, 1.82) is 0 Å². The van der Waals surface area contributed by atoms with Crippen LogP contribution < -0.4 is 4.74 Å². The Morgan fingerprint density at radius 3 is 2.35 bits per heavy atom. The summed E-state index contributed by atoms with van der Waals surface area (Å²) in [6, 6.07) is 13.2. The van der Waals surface area contributed by atoms with Crippen LogP contribution in [0.1, 0.15) is 29.7 Å². The summed E-state index contributed by atoms with van der Waals surface area (Å²) in [6.45, 7) is 2.17. The van der Waals surface area contributed by atoms with Crippen LogP contribution in [0, 0.1) is 0 Å². The predicted molar refractivity (Wildman–Crippen MR) is 81.5 cm³/mol. The third kappa shape index (κ3) is 3.82. The highest BCUT2D eigenvalue weighted by atomic mass is 79.9. The van der Waals surface area contributed by atoms with Gasteiger partial charge in [-0.05, 0) is 30.2 Å². The maximum atomic E-state index is 9.74. The van der Waals surface area contributed by atoms with Gasteiger partial charge >= 0.3 is 0 Å². The Labute approximate surface area is 127 Å². The van der Waals surface area contributed by atoms with Crippen LogP contribution in [0.3, 0.4) is 0 Å². The van der Waals surface area contributed by atoms with Crippen molar-refractivity contribution in [3.05, 3.63) is 63.6 Å². The molecule has 3 nitrogen and oxygen atoms in total. The van der Waals surface area contributed by atoms with E-state index in [0.717, 1.165) is 21.2 Å². The van der Waals surface area contributed by atoms with Gasteiger partial charge in [0.2, 0.25) is 0 Å². The van der Waals surface area contributed by atoms with Gasteiger partial charge in [0, 0.05) is 10.0 Å². The second kappa shape index (κ2) is 6.88. The van der Waals surface area contributed by atoms with Crippen molar-refractivity contribution >= 4 is 15.9 Å². The number of aliphatic hydroxyl groups is 2. The molecule has 0 amide bonds. The fourth-order valence-electron chi connectivity index (χ4n) is 1.88. The van der Waals surface area contributed by atoms with Crippen LogP contribution in [-0.2, 0) is 13.2 Å². The van der Waals surface area contributed by atoms with Crippen LogP contribution in [0.15, 0.2) is 46.9 Å². The summed E-state index contributed by atoms with van der Waals surface area (Å²) in [6.07, 6.45) is -0.574. The summed E-state index contributed by atoms with van der Waals surface area (Å²) in [5.41, 5.74) is 2.65. The highest BCUT2D eigenvalue weighted by molar-refractivity contribution is 9.10. The first-order valence-electron chi connectivity index (χ1n) is 6.39. The molecule has 0 aliphatic carbocycles. The zero-order valence-electron chi connectivity index (χ0n) is 11.2. The van der Waals surface area contributed by atoms with Gasteiger partial charge in [-0.15, -0.1) is 0 Å². The zero-order valence-corrected chi connectivity index (χ0v) is 12.8. The van der Waals surface area contributed by atoms with Gasteiger partial charge in [0.25, 0.3) is 0 Å². The van der Waals surface area contributed by atoms with Gasteiger partial charge in [-0.2, -0.15) is 0 Å². The van der Waals surface area contributed by atoms with E-state index in [1.807, 2.05) is 42.5 Å². The number of hydrogen-bond acceptors (Lipinski definition) is 3. The molecule has 2 N–H and O–H groups in total. The molecule has 4 heteroatoms. The van der Waals surface area contributed by atoms with E-state index in [0.29, 0.717) is 12.4 Å². The van der Waals surface area contributed by atoms with Gasteiger partial charge in [0.15, 0.2) is 0 Å². The minimum absolute atomic E-state index is 0.0406. The number of rotatable bonds is 5. The van der Waals surface area contributed by atoms with E-state index in [2.05, 4.69) is 15.9 Å². The van der Waals surface area contributed by atoms with E-state index in [1.165, 1.54) is 0 Å². The molecule has 2 aromatic rings. The fourth-order valence-corrected chi connectivity index (χ4v) is 2.22. The standard InChI is InChI=1S/C16H17BrO3/c1-11(19)15-7-6-14(17)8-16(15)20-10-13-4-2-12(9-18)3-5-13/h2-8,11,18-19H,9-10H2,1H3. The number of benzene rings is 2. The van der Waals surface area contributed by atoms with Crippen molar-refractivity contribution in [1.82, 2.24) is 0 Å². The Hall–Kier alpha value is -1.36. The number of halogens is 1. The molecule has 0 spiro atoms. The molecule has 0 aliphatic rings. The largest absolute Gasteiger partial charge is 0.488 e. The van der Waals surface area contributed by atoms with Crippen molar-refractivity contribution < 1.29 is 14.9 Å². The number of hydrogen-bond donors (Lipinski definition) is 2. The van der Waals surface area contributed by atoms with E-state index < -0.39 is 6.10 Å². The van der Waals surface area contributed by atoms with E-state index in [-0.39, 0.29) is 6.61 Å². The van der Waals surface area contributed by atoms with E-state index in [1.54, 1.807) is 6.92 Å². The monoisotopic (exact) mass is 336 g/mol. The van der Waals surface area contributed by atoms with Crippen molar-refractivity contribution in [2.24, 2.45) is 0 Å². The van der Waals surface area contributed by atoms with Crippen LogP contribution >= 0.6 is 15.9 Å². The Morgan fingerprint density at radius 1 is 1.10 bits per heavy atom. The lowest BCUT2D eigenvalue weighted by Crippen LogP contribution is -2.01. The quantitative estimate of drug-likeness (QED) is 0.877. The fraction of sp³-hybridized carbons (Fsp3) is 0.250. The van der Waals surface area contributed by atoms with Gasteiger partial charge in [-0.3, -0.25) is 0 Å². The van der Waals surface area contributed by atoms with Crippen molar-refractivity contribution in [2.75, 3.05) is 0 Å². The molecule has 20 heavy (non-hydrogen) atoms. The average molecular weight is 337 g/mol. The molecule has 106 valence electrons. The first-order valence-corrected chi connectivity index (χ1v) is 7.18. The molecule has 1 atom stereocenters. The molecule has 1 unspecified atom stereocenters. The molecule has 0 bridgehead atoms. The lowest BCUT2D eigenvalue weighted by Gasteiger charge is -2.14. The van der Waals surface area contributed by atoms with Crippen LogP contribution in [0.5, 0.6) is 5.75 Å². The SMILES string of the molecule is CC(O)c1ccc(Br)cc1OCc1ccc(CO)cc1. The molecule has 0 radical (unpaired) electrons. The Bertz CT molecular complexity index is 564. The van der Waals surface area contributed by atoms with E-state index in [9.17, 15) is 5.11 Å². The van der Waals surface area contributed by atoms with Gasteiger partial charge in [-0.25, -0.2) is 0 Å². The van der Waals surface area contributed by atoms with Crippen molar-refractivity contribution in [3.63, 3.8) is 0 Å². The molecular weight excluding hydrogens is 320 g/mol. The van der Waals surface area contributed by atoms with Crippen molar-refractivity contribution in [2.45, 2.75) is 26.2 Å². The summed E-state index contributed by atoms with van der Waals surface area (Å²) in [5, 5.41) is 18.7. The molecule has 0 heterocycles. The summed E-state index contributed by atoms with van der Waals surface area (Å²) in [5.74, 6) is 0.667. The Kier molecular flexibility index (Phi) is 5.17. The lowest BCUT2D eigenvalue weighted by atomic mass is 10.1. The van der Waals surface area contributed by atoms with E-state index in [4.69, 9.17) is 9.84 Å². The Morgan fingerprint density at radius 2 is 1.75 bits per heavy atom. The molecule has 2 aromatic carbocycles. The van der Waals surface area contributed by atoms with Crippen LogP contribution in [0.4, 0.5) is 0 Å². The number of ether oxygens (including phenoxy) is 1.